The Hall–Kier alpha value is -2.61. The Morgan fingerprint density at radius 3 is 2.64 bits per heavy atom. The molecule has 1 aromatic carbocycles. The van der Waals surface area contributed by atoms with E-state index in [1.54, 1.807) is 4.90 Å². The highest BCUT2D eigenvalue weighted by Crippen LogP contribution is 2.23. The molecule has 0 atom stereocenters. The highest BCUT2D eigenvalue weighted by Gasteiger charge is 2.27. The van der Waals surface area contributed by atoms with Crippen LogP contribution in [0.15, 0.2) is 18.2 Å². The summed E-state index contributed by atoms with van der Waals surface area (Å²) in [5, 5.41) is 2.95. The van der Waals surface area contributed by atoms with E-state index in [2.05, 4.69) is 14.8 Å². The smallest absolute Gasteiger partial charge is 0.410 e. The molecule has 2 amide bonds. The fourth-order valence-electron chi connectivity index (χ4n) is 3.77. The maximum atomic E-state index is 12.3. The van der Waals surface area contributed by atoms with E-state index in [9.17, 15) is 9.59 Å². The number of carbonyl (C=O) groups is 2. The standard InChI is InChI=1S/C20H27N5O3/c1-20(2,3)28-19(27)24-11-9-23(10-12-24)13-16-22-15-6-4-5-14-17(15)25(16)8-7-21-18(14)26/h4-6H,7-13H2,1-3H3,(H,21,26). The lowest BCUT2D eigenvalue weighted by Gasteiger charge is -2.35. The molecule has 1 fully saturated rings. The van der Waals surface area contributed by atoms with Crippen molar-refractivity contribution in [3.63, 3.8) is 0 Å². The lowest BCUT2D eigenvalue weighted by Crippen LogP contribution is -2.49. The van der Waals surface area contributed by atoms with Crippen molar-refractivity contribution in [3.05, 3.63) is 29.6 Å². The molecule has 1 N–H and O–H groups in total. The molecular formula is C20H27N5O3. The van der Waals surface area contributed by atoms with Crippen molar-refractivity contribution in [1.29, 1.82) is 0 Å². The molecular weight excluding hydrogens is 358 g/mol. The maximum Gasteiger partial charge on any atom is 0.410 e. The summed E-state index contributed by atoms with van der Waals surface area (Å²) in [4.78, 5) is 33.4. The minimum absolute atomic E-state index is 0.0400. The van der Waals surface area contributed by atoms with Gasteiger partial charge in [0.1, 0.15) is 11.4 Å². The number of nitrogens with one attached hydrogen (secondary N) is 1. The van der Waals surface area contributed by atoms with Gasteiger partial charge in [-0.3, -0.25) is 9.69 Å². The summed E-state index contributed by atoms with van der Waals surface area (Å²) < 4.78 is 7.62. The van der Waals surface area contributed by atoms with Crippen molar-refractivity contribution in [2.45, 2.75) is 39.5 Å². The van der Waals surface area contributed by atoms with Crippen LogP contribution in [0, 0.1) is 0 Å². The van der Waals surface area contributed by atoms with Gasteiger partial charge >= 0.3 is 6.09 Å². The third-order valence-corrected chi connectivity index (χ3v) is 5.10. The van der Waals surface area contributed by atoms with Crippen LogP contribution in [0.25, 0.3) is 11.0 Å². The Morgan fingerprint density at radius 2 is 1.93 bits per heavy atom. The molecule has 1 aromatic heterocycles. The second-order valence-corrected chi connectivity index (χ2v) is 8.35. The van der Waals surface area contributed by atoms with E-state index in [4.69, 9.17) is 9.72 Å². The van der Waals surface area contributed by atoms with Gasteiger partial charge in [0.25, 0.3) is 5.91 Å². The number of amides is 2. The van der Waals surface area contributed by atoms with E-state index in [0.29, 0.717) is 38.3 Å². The van der Waals surface area contributed by atoms with Gasteiger partial charge in [-0.2, -0.15) is 0 Å². The van der Waals surface area contributed by atoms with Crippen LogP contribution in [-0.4, -0.2) is 69.7 Å². The average Bonchev–Trinajstić information content (AvgIpc) is 2.88. The minimum Gasteiger partial charge on any atom is -0.444 e. The number of rotatable bonds is 2. The first kappa shape index (κ1) is 18.7. The number of hydrogen-bond acceptors (Lipinski definition) is 5. The zero-order valence-corrected chi connectivity index (χ0v) is 16.7. The fourth-order valence-corrected chi connectivity index (χ4v) is 3.77. The maximum absolute atomic E-state index is 12.3. The first-order valence-corrected chi connectivity index (χ1v) is 9.78. The Balaban J connectivity index is 1.47. The topological polar surface area (TPSA) is 79.7 Å². The van der Waals surface area contributed by atoms with E-state index in [1.807, 2.05) is 39.0 Å². The molecule has 1 saturated heterocycles. The van der Waals surface area contributed by atoms with Crippen molar-refractivity contribution < 1.29 is 14.3 Å². The van der Waals surface area contributed by atoms with Crippen molar-refractivity contribution in [3.8, 4) is 0 Å². The lowest BCUT2D eigenvalue weighted by molar-refractivity contribution is 0.0136. The third-order valence-electron chi connectivity index (χ3n) is 5.10. The zero-order chi connectivity index (χ0) is 19.9. The zero-order valence-electron chi connectivity index (χ0n) is 16.7. The van der Waals surface area contributed by atoms with Crippen molar-refractivity contribution in [2.75, 3.05) is 32.7 Å². The first-order chi connectivity index (χ1) is 13.3. The quantitative estimate of drug-likeness (QED) is 0.853. The number of aromatic nitrogens is 2. The molecule has 150 valence electrons. The predicted octanol–water partition coefficient (Wildman–Crippen LogP) is 1.83. The van der Waals surface area contributed by atoms with Gasteiger partial charge in [0, 0.05) is 39.3 Å². The molecule has 28 heavy (non-hydrogen) atoms. The summed E-state index contributed by atoms with van der Waals surface area (Å²) in [6.45, 7) is 10.5. The predicted molar refractivity (Wildman–Crippen MR) is 105 cm³/mol. The summed E-state index contributed by atoms with van der Waals surface area (Å²) in [6, 6.07) is 5.69. The Morgan fingerprint density at radius 1 is 1.18 bits per heavy atom. The van der Waals surface area contributed by atoms with Gasteiger partial charge in [0.15, 0.2) is 0 Å². The summed E-state index contributed by atoms with van der Waals surface area (Å²) in [6.07, 6.45) is -0.250. The molecule has 0 aliphatic carbocycles. The van der Waals surface area contributed by atoms with Crippen LogP contribution in [0.4, 0.5) is 4.79 Å². The van der Waals surface area contributed by atoms with E-state index in [1.165, 1.54) is 0 Å². The van der Waals surface area contributed by atoms with Gasteiger partial charge in [-0.15, -0.1) is 0 Å². The minimum atomic E-state index is -0.478. The number of hydrogen-bond donors (Lipinski definition) is 1. The monoisotopic (exact) mass is 385 g/mol. The van der Waals surface area contributed by atoms with Crippen molar-refractivity contribution in [2.24, 2.45) is 0 Å². The lowest BCUT2D eigenvalue weighted by atomic mass is 10.2. The number of piperazine rings is 1. The van der Waals surface area contributed by atoms with Crippen LogP contribution < -0.4 is 5.32 Å². The van der Waals surface area contributed by atoms with E-state index >= 15 is 0 Å². The summed E-state index contributed by atoms with van der Waals surface area (Å²) in [5.74, 6) is 0.923. The number of nitrogens with zero attached hydrogens (tertiary/aromatic N) is 4. The highest BCUT2D eigenvalue weighted by atomic mass is 16.6. The van der Waals surface area contributed by atoms with Crippen LogP contribution in [0.2, 0.25) is 0 Å². The molecule has 2 aromatic rings. The number of para-hydroxylation sites is 1. The van der Waals surface area contributed by atoms with Gasteiger partial charge < -0.3 is 19.5 Å². The molecule has 0 saturated carbocycles. The van der Waals surface area contributed by atoms with Gasteiger partial charge in [0.2, 0.25) is 0 Å². The molecule has 8 heteroatoms. The van der Waals surface area contributed by atoms with Crippen LogP contribution >= 0.6 is 0 Å². The average molecular weight is 385 g/mol. The van der Waals surface area contributed by atoms with Gasteiger partial charge in [-0.1, -0.05) is 6.07 Å². The molecule has 0 radical (unpaired) electrons. The summed E-state index contributed by atoms with van der Waals surface area (Å²) in [7, 11) is 0. The van der Waals surface area contributed by atoms with E-state index in [-0.39, 0.29) is 12.0 Å². The van der Waals surface area contributed by atoms with Crippen LogP contribution in [0.5, 0.6) is 0 Å². The molecule has 0 unspecified atom stereocenters. The van der Waals surface area contributed by atoms with Crippen molar-refractivity contribution in [1.82, 2.24) is 24.7 Å². The number of imidazole rings is 1. The van der Waals surface area contributed by atoms with Gasteiger partial charge in [-0.25, -0.2) is 9.78 Å². The third kappa shape index (κ3) is 3.69. The van der Waals surface area contributed by atoms with Gasteiger partial charge in [0.05, 0.1) is 23.1 Å². The molecule has 4 rings (SSSR count). The second-order valence-electron chi connectivity index (χ2n) is 8.35. The Kier molecular flexibility index (Phi) is 4.74. The molecule has 2 aliphatic heterocycles. The molecule has 0 bridgehead atoms. The molecule has 2 aliphatic rings. The summed E-state index contributed by atoms with van der Waals surface area (Å²) >= 11 is 0. The highest BCUT2D eigenvalue weighted by molar-refractivity contribution is 6.05. The van der Waals surface area contributed by atoms with Crippen LogP contribution in [0.1, 0.15) is 37.0 Å². The first-order valence-electron chi connectivity index (χ1n) is 9.78. The van der Waals surface area contributed by atoms with Crippen LogP contribution in [-0.2, 0) is 17.8 Å². The summed E-state index contributed by atoms with van der Waals surface area (Å²) in [5.41, 5.74) is 1.98. The molecule has 0 spiro atoms. The Labute approximate surface area is 164 Å². The fraction of sp³-hybridized carbons (Fsp3) is 0.550. The van der Waals surface area contributed by atoms with Crippen molar-refractivity contribution >= 4 is 23.0 Å². The van der Waals surface area contributed by atoms with E-state index in [0.717, 1.165) is 29.9 Å². The number of benzene rings is 1. The molecule has 3 heterocycles. The number of ether oxygens (including phenoxy) is 1. The SMILES string of the molecule is CC(C)(C)OC(=O)N1CCN(Cc2nc3cccc4c3n2CCNC4=O)CC1. The molecule has 8 nitrogen and oxygen atoms in total. The normalized spacial score (nSPS) is 18.1. The largest absolute Gasteiger partial charge is 0.444 e. The van der Waals surface area contributed by atoms with Gasteiger partial charge in [-0.05, 0) is 32.9 Å². The van der Waals surface area contributed by atoms with E-state index < -0.39 is 5.60 Å². The Bertz CT molecular complexity index is 906. The second kappa shape index (κ2) is 7.09. The number of carbonyl (C=O) groups excluding carboxylic acids is 2. The van der Waals surface area contributed by atoms with Crippen LogP contribution in [0.3, 0.4) is 0 Å².